The number of hydrogen-bond acceptors (Lipinski definition) is 2. The van der Waals surface area contributed by atoms with Gasteiger partial charge in [-0.3, -0.25) is 0 Å². The fraction of sp³-hybridized carbons (Fsp3) is 0.625. The summed E-state index contributed by atoms with van der Waals surface area (Å²) < 4.78 is 6.40. The van der Waals surface area contributed by atoms with Crippen molar-refractivity contribution >= 4 is 0 Å². The van der Waals surface area contributed by atoms with E-state index in [1.165, 1.54) is 11.1 Å². The number of benzene rings is 1. The van der Waals surface area contributed by atoms with Gasteiger partial charge in [-0.2, -0.15) is 0 Å². The predicted molar refractivity (Wildman–Crippen MR) is 79.7 cm³/mol. The number of hydrogen-bond donors (Lipinski definition) is 1. The minimum Gasteiger partial charge on any atom is -0.491 e. The summed E-state index contributed by atoms with van der Waals surface area (Å²) in [5.74, 6) is 1.36. The summed E-state index contributed by atoms with van der Waals surface area (Å²) in [6, 6.07) is 6.15. The Hall–Kier alpha value is -1.06. The average molecular weight is 266 g/mol. The maximum atomic E-state index is 9.92. The molecule has 3 nitrogen and oxygen atoms in total. The van der Waals surface area contributed by atoms with Crippen LogP contribution >= 0.6 is 0 Å². The third-order valence-electron chi connectivity index (χ3n) is 3.06. The highest BCUT2D eigenvalue weighted by Gasteiger charge is 2.16. The first-order valence-corrected chi connectivity index (χ1v) is 6.91. The Bertz CT molecular complexity index is 408. The minimum atomic E-state index is -0.440. The number of aliphatic hydroxyl groups excluding tert-OH is 1. The molecule has 1 atom stereocenters. The first-order valence-electron chi connectivity index (χ1n) is 6.91. The van der Waals surface area contributed by atoms with Crippen molar-refractivity contribution in [2.24, 2.45) is 0 Å². The van der Waals surface area contributed by atoms with Crippen LogP contribution in [0.25, 0.3) is 0 Å². The van der Waals surface area contributed by atoms with Gasteiger partial charge in [0.1, 0.15) is 25.0 Å². The zero-order chi connectivity index (χ0) is 14.6. The molecule has 1 N–H and O–H groups in total. The van der Waals surface area contributed by atoms with Crippen LogP contribution in [0.4, 0.5) is 0 Å². The van der Waals surface area contributed by atoms with Crippen LogP contribution in [0.5, 0.6) is 5.75 Å². The second-order valence-corrected chi connectivity index (χ2v) is 6.61. The lowest BCUT2D eigenvalue weighted by Crippen LogP contribution is -2.43. The van der Waals surface area contributed by atoms with Gasteiger partial charge in [0.15, 0.2) is 0 Å². The van der Waals surface area contributed by atoms with Crippen LogP contribution in [0.1, 0.15) is 30.9 Å². The first kappa shape index (κ1) is 16.0. The van der Waals surface area contributed by atoms with E-state index < -0.39 is 6.10 Å². The SMILES string of the molecule is Cc1cc(OCC(O)C[N+](C)(C)C)ccc1C(C)C. The lowest BCUT2D eigenvalue weighted by Gasteiger charge is -2.26. The molecule has 0 saturated heterocycles. The van der Waals surface area contributed by atoms with Crippen molar-refractivity contribution < 1.29 is 14.3 Å². The monoisotopic (exact) mass is 266 g/mol. The Kier molecular flexibility index (Phi) is 5.39. The summed E-state index contributed by atoms with van der Waals surface area (Å²) >= 11 is 0. The Morgan fingerprint density at radius 2 is 1.84 bits per heavy atom. The third-order valence-corrected chi connectivity index (χ3v) is 3.06. The van der Waals surface area contributed by atoms with E-state index in [0.29, 0.717) is 19.1 Å². The van der Waals surface area contributed by atoms with Gasteiger partial charge < -0.3 is 14.3 Å². The Morgan fingerprint density at radius 3 is 2.32 bits per heavy atom. The molecule has 0 fully saturated rings. The topological polar surface area (TPSA) is 29.5 Å². The zero-order valence-corrected chi connectivity index (χ0v) is 13.1. The molecule has 1 rings (SSSR count). The molecule has 1 aromatic rings. The fourth-order valence-corrected chi connectivity index (χ4v) is 2.26. The summed E-state index contributed by atoms with van der Waals surface area (Å²) in [5, 5.41) is 9.92. The van der Waals surface area contributed by atoms with Crippen molar-refractivity contribution in [1.82, 2.24) is 0 Å². The van der Waals surface area contributed by atoms with Gasteiger partial charge in [0.2, 0.25) is 0 Å². The molecule has 0 aliphatic rings. The van der Waals surface area contributed by atoms with Gasteiger partial charge >= 0.3 is 0 Å². The second-order valence-electron chi connectivity index (χ2n) is 6.61. The van der Waals surface area contributed by atoms with Crippen molar-refractivity contribution in [1.29, 1.82) is 0 Å². The maximum Gasteiger partial charge on any atom is 0.137 e. The van der Waals surface area contributed by atoms with Crippen LogP contribution in [-0.4, -0.2) is 50.0 Å². The van der Waals surface area contributed by atoms with E-state index in [2.05, 4.69) is 48.0 Å². The van der Waals surface area contributed by atoms with Crippen molar-refractivity contribution in [2.75, 3.05) is 34.3 Å². The molecule has 0 aliphatic carbocycles. The van der Waals surface area contributed by atoms with Crippen LogP contribution in [0.15, 0.2) is 18.2 Å². The van der Waals surface area contributed by atoms with Crippen LogP contribution in [-0.2, 0) is 0 Å². The Labute approximate surface area is 117 Å². The highest BCUT2D eigenvalue weighted by Crippen LogP contribution is 2.23. The highest BCUT2D eigenvalue weighted by molar-refractivity contribution is 5.36. The molecule has 0 heterocycles. The largest absolute Gasteiger partial charge is 0.491 e. The quantitative estimate of drug-likeness (QED) is 0.802. The number of likely N-dealkylation sites (N-methyl/N-ethyl adjacent to an activating group) is 1. The van der Waals surface area contributed by atoms with E-state index in [4.69, 9.17) is 4.74 Å². The molecule has 1 unspecified atom stereocenters. The molecular formula is C16H28NO2+. The molecule has 1 aromatic carbocycles. The molecular weight excluding hydrogens is 238 g/mol. The average Bonchev–Trinajstić information content (AvgIpc) is 2.23. The van der Waals surface area contributed by atoms with E-state index in [-0.39, 0.29) is 0 Å². The molecule has 0 radical (unpaired) electrons. The highest BCUT2D eigenvalue weighted by atomic mass is 16.5. The minimum absolute atomic E-state index is 0.343. The van der Waals surface area contributed by atoms with E-state index in [9.17, 15) is 5.11 Å². The van der Waals surface area contributed by atoms with E-state index in [1.807, 2.05) is 12.1 Å². The summed E-state index contributed by atoms with van der Waals surface area (Å²) in [6.45, 7) is 7.51. The lowest BCUT2D eigenvalue weighted by molar-refractivity contribution is -0.873. The van der Waals surface area contributed by atoms with Gasteiger partial charge in [0.05, 0.1) is 21.1 Å². The maximum absolute atomic E-state index is 9.92. The van der Waals surface area contributed by atoms with Crippen LogP contribution in [0.2, 0.25) is 0 Å². The summed E-state index contributed by atoms with van der Waals surface area (Å²) in [6.07, 6.45) is -0.440. The van der Waals surface area contributed by atoms with Gasteiger partial charge in [-0.05, 0) is 36.1 Å². The number of nitrogens with zero attached hydrogens (tertiary/aromatic N) is 1. The fourth-order valence-electron chi connectivity index (χ4n) is 2.26. The molecule has 0 bridgehead atoms. The third kappa shape index (κ3) is 5.62. The van der Waals surface area contributed by atoms with Gasteiger partial charge in [-0.1, -0.05) is 19.9 Å². The Morgan fingerprint density at radius 1 is 1.21 bits per heavy atom. The zero-order valence-electron chi connectivity index (χ0n) is 13.1. The van der Waals surface area contributed by atoms with Gasteiger partial charge in [-0.15, -0.1) is 0 Å². The number of aliphatic hydroxyl groups is 1. The summed E-state index contributed by atoms with van der Waals surface area (Å²) in [5.41, 5.74) is 2.59. The number of quaternary nitrogens is 1. The van der Waals surface area contributed by atoms with Crippen molar-refractivity contribution in [3.05, 3.63) is 29.3 Å². The number of ether oxygens (including phenoxy) is 1. The van der Waals surface area contributed by atoms with E-state index in [1.54, 1.807) is 0 Å². The van der Waals surface area contributed by atoms with E-state index in [0.717, 1.165) is 10.2 Å². The molecule has 0 aliphatic heterocycles. The molecule has 3 heteroatoms. The standard InChI is InChI=1S/C16H28NO2/c1-12(2)16-8-7-15(9-13(16)3)19-11-14(18)10-17(4,5)6/h7-9,12,14,18H,10-11H2,1-6H3/q+1. The predicted octanol–water partition coefficient (Wildman–Crippen LogP) is 2.56. The number of rotatable bonds is 6. The Balaban J connectivity index is 2.57. The molecule has 108 valence electrons. The summed E-state index contributed by atoms with van der Waals surface area (Å²) in [4.78, 5) is 0. The molecule has 0 saturated carbocycles. The smallest absolute Gasteiger partial charge is 0.137 e. The number of aryl methyl sites for hydroxylation is 1. The van der Waals surface area contributed by atoms with Crippen LogP contribution < -0.4 is 4.74 Å². The molecule has 0 spiro atoms. The van der Waals surface area contributed by atoms with Crippen molar-refractivity contribution in [2.45, 2.75) is 32.8 Å². The summed E-state index contributed by atoms with van der Waals surface area (Å²) in [7, 11) is 6.18. The van der Waals surface area contributed by atoms with Crippen LogP contribution in [0, 0.1) is 6.92 Å². The molecule has 0 amide bonds. The normalized spacial score (nSPS) is 13.7. The van der Waals surface area contributed by atoms with E-state index >= 15 is 0 Å². The van der Waals surface area contributed by atoms with Gasteiger partial charge in [-0.25, -0.2) is 0 Å². The van der Waals surface area contributed by atoms with Crippen molar-refractivity contribution in [3.8, 4) is 5.75 Å². The first-order chi connectivity index (χ1) is 8.69. The second kappa shape index (κ2) is 6.40. The van der Waals surface area contributed by atoms with Gasteiger partial charge in [0, 0.05) is 0 Å². The molecule has 0 aromatic heterocycles. The van der Waals surface area contributed by atoms with Gasteiger partial charge in [0.25, 0.3) is 0 Å². The molecule has 19 heavy (non-hydrogen) atoms. The van der Waals surface area contributed by atoms with Crippen LogP contribution in [0.3, 0.4) is 0 Å². The van der Waals surface area contributed by atoms with Crippen molar-refractivity contribution in [3.63, 3.8) is 0 Å². The lowest BCUT2D eigenvalue weighted by atomic mass is 9.98.